The molecule has 0 aliphatic carbocycles. The van der Waals surface area contributed by atoms with E-state index in [1.807, 2.05) is 0 Å². The van der Waals surface area contributed by atoms with Gasteiger partial charge in [-0.3, -0.25) is 0 Å². The van der Waals surface area contributed by atoms with Crippen molar-refractivity contribution in [3.8, 4) is 5.75 Å². The number of fused-ring (bicyclic) bond motifs is 1. The average molecular weight is 257 g/mol. The Labute approximate surface area is 88.0 Å². The maximum atomic E-state index is 13.3. The van der Waals surface area contributed by atoms with E-state index in [1.54, 1.807) is 0 Å². The van der Waals surface area contributed by atoms with Gasteiger partial charge in [0.15, 0.2) is 11.6 Å². The molecule has 72 valence electrons. The molecule has 14 heavy (non-hydrogen) atoms. The second-order valence-corrected chi connectivity index (χ2v) is 3.55. The van der Waals surface area contributed by atoms with E-state index in [2.05, 4.69) is 26.1 Å². The molecular weight excluding hydrogens is 251 g/mol. The van der Waals surface area contributed by atoms with Gasteiger partial charge in [0.1, 0.15) is 0 Å². The molecule has 0 bridgehead atoms. The third-order valence-corrected chi connectivity index (χ3v) is 2.50. The van der Waals surface area contributed by atoms with E-state index in [9.17, 15) is 4.39 Å². The van der Waals surface area contributed by atoms with Crippen molar-refractivity contribution >= 4 is 26.8 Å². The molecule has 0 amide bonds. The average Bonchev–Trinajstić information content (AvgIpc) is 2.19. The fraction of sp³-hybridized carbons (Fsp3) is 0.111. The first-order valence-electron chi connectivity index (χ1n) is 3.87. The summed E-state index contributed by atoms with van der Waals surface area (Å²) < 4.78 is 18.9. The van der Waals surface area contributed by atoms with Crippen LogP contribution in [0.3, 0.4) is 0 Å². The fourth-order valence-corrected chi connectivity index (χ4v) is 1.59. The Hall–Kier alpha value is -1.23. The van der Waals surface area contributed by atoms with Crippen LogP contribution in [0.2, 0.25) is 0 Å². The van der Waals surface area contributed by atoms with E-state index in [1.165, 1.54) is 25.4 Å². The highest BCUT2D eigenvalue weighted by molar-refractivity contribution is 9.10. The third-order valence-electron chi connectivity index (χ3n) is 1.86. The Balaban J connectivity index is 2.79. The van der Waals surface area contributed by atoms with Crippen LogP contribution in [-0.2, 0) is 0 Å². The number of benzene rings is 1. The lowest BCUT2D eigenvalue weighted by molar-refractivity contribution is 0.387. The van der Waals surface area contributed by atoms with Crippen LogP contribution in [0.1, 0.15) is 0 Å². The Morgan fingerprint density at radius 1 is 1.43 bits per heavy atom. The Morgan fingerprint density at radius 3 is 2.93 bits per heavy atom. The van der Waals surface area contributed by atoms with Crippen molar-refractivity contribution in [3.63, 3.8) is 0 Å². The zero-order valence-electron chi connectivity index (χ0n) is 7.29. The van der Waals surface area contributed by atoms with E-state index < -0.39 is 5.82 Å². The Bertz CT molecular complexity index is 489. The fourth-order valence-electron chi connectivity index (χ4n) is 1.18. The minimum Gasteiger partial charge on any atom is -0.494 e. The van der Waals surface area contributed by atoms with E-state index in [0.717, 1.165) is 0 Å². The van der Waals surface area contributed by atoms with Gasteiger partial charge < -0.3 is 4.74 Å². The second-order valence-electron chi connectivity index (χ2n) is 2.70. The minimum absolute atomic E-state index is 0.171. The molecule has 0 radical (unpaired) electrons. The summed E-state index contributed by atoms with van der Waals surface area (Å²) in [6, 6.07) is 2.88. The van der Waals surface area contributed by atoms with Crippen LogP contribution in [0, 0.1) is 5.82 Å². The third kappa shape index (κ3) is 1.43. The van der Waals surface area contributed by atoms with Crippen molar-refractivity contribution in [2.75, 3.05) is 7.11 Å². The molecule has 1 aromatic heterocycles. The Morgan fingerprint density at radius 2 is 2.21 bits per heavy atom. The molecule has 0 atom stereocenters. The summed E-state index contributed by atoms with van der Waals surface area (Å²) in [5.41, 5.74) is 0.595. The van der Waals surface area contributed by atoms with E-state index in [4.69, 9.17) is 4.74 Å². The largest absolute Gasteiger partial charge is 0.494 e. The first kappa shape index (κ1) is 9.33. The van der Waals surface area contributed by atoms with Crippen LogP contribution >= 0.6 is 15.9 Å². The summed E-state index contributed by atoms with van der Waals surface area (Å²) in [6.45, 7) is 0. The Kier molecular flexibility index (Phi) is 2.33. The van der Waals surface area contributed by atoms with Crippen molar-refractivity contribution < 1.29 is 9.13 Å². The van der Waals surface area contributed by atoms with Crippen LogP contribution < -0.4 is 4.74 Å². The molecule has 0 saturated heterocycles. The number of methoxy groups -OCH3 is 1. The maximum Gasteiger partial charge on any atom is 0.165 e. The normalized spacial score (nSPS) is 10.5. The van der Waals surface area contributed by atoms with E-state index >= 15 is 0 Å². The lowest BCUT2D eigenvalue weighted by Gasteiger charge is -2.03. The van der Waals surface area contributed by atoms with Gasteiger partial charge >= 0.3 is 0 Å². The summed E-state index contributed by atoms with van der Waals surface area (Å²) in [7, 11) is 1.41. The molecule has 3 nitrogen and oxygen atoms in total. The number of rotatable bonds is 1. The molecule has 5 heteroatoms. The van der Waals surface area contributed by atoms with Crippen LogP contribution in [0.5, 0.6) is 5.75 Å². The molecule has 1 aromatic carbocycles. The van der Waals surface area contributed by atoms with Crippen LogP contribution in [0.15, 0.2) is 22.8 Å². The quantitative estimate of drug-likeness (QED) is 0.787. The van der Waals surface area contributed by atoms with Gasteiger partial charge in [0.25, 0.3) is 0 Å². The van der Waals surface area contributed by atoms with Gasteiger partial charge in [0, 0.05) is 15.9 Å². The van der Waals surface area contributed by atoms with Crippen molar-refractivity contribution in [1.82, 2.24) is 10.2 Å². The zero-order chi connectivity index (χ0) is 10.1. The number of nitrogens with zero attached hydrogens (tertiary/aromatic N) is 2. The summed E-state index contributed by atoms with van der Waals surface area (Å²) in [5.74, 6) is -0.237. The van der Waals surface area contributed by atoms with Gasteiger partial charge in [-0.05, 0) is 22.0 Å². The highest BCUT2D eigenvalue weighted by atomic mass is 79.9. The molecule has 0 aliphatic rings. The lowest BCUT2D eigenvalue weighted by Crippen LogP contribution is -1.91. The molecule has 0 unspecified atom stereocenters. The van der Waals surface area contributed by atoms with Gasteiger partial charge in [-0.15, -0.1) is 0 Å². The standard InChI is InChI=1S/C9H6BrFN2O/c1-14-9-3-8-5(2-7(9)11)6(10)4-12-13-8/h2-4H,1H3. The smallest absolute Gasteiger partial charge is 0.165 e. The zero-order valence-corrected chi connectivity index (χ0v) is 8.88. The number of aromatic nitrogens is 2. The molecule has 0 N–H and O–H groups in total. The molecule has 0 aliphatic heterocycles. The number of hydrogen-bond donors (Lipinski definition) is 0. The highest BCUT2D eigenvalue weighted by Gasteiger charge is 2.07. The summed E-state index contributed by atoms with van der Waals surface area (Å²) >= 11 is 3.27. The van der Waals surface area contributed by atoms with Crippen molar-refractivity contribution in [2.24, 2.45) is 0 Å². The number of ether oxygens (including phenoxy) is 1. The predicted octanol–water partition coefficient (Wildman–Crippen LogP) is 2.54. The molecule has 0 saturated carbocycles. The van der Waals surface area contributed by atoms with Gasteiger partial charge in [-0.2, -0.15) is 10.2 Å². The van der Waals surface area contributed by atoms with Crippen molar-refractivity contribution in [3.05, 3.63) is 28.6 Å². The van der Waals surface area contributed by atoms with Gasteiger partial charge in [0.05, 0.1) is 18.8 Å². The molecule has 1 heterocycles. The monoisotopic (exact) mass is 256 g/mol. The predicted molar refractivity (Wildman–Crippen MR) is 53.7 cm³/mol. The topological polar surface area (TPSA) is 35.0 Å². The van der Waals surface area contributed by atoms with Crippen LogP contribution in [0.4, 0.5) is 4.39 Å². The first-order chi connectivity index (χ1) is 6.72. The first-order valence-corrected chi connectivity index (χ1v) is 4.66. The molecule has 0 fully saturated rings. The number of halogens is 2. The van der Waals surface area contributed by atoms with Crippen molar-refractivity contribution in [2.45, 2.75) is 0 Å². The summed E-state index contributed by atoms with van der Waals surface area (Å²) in [5, 5.41) is 8.29. The molecule has 2 aromatic rings. The maximum absolute atomic E-state index is 13.3. The minimum atomic E-state index is -0.409. The van der Waals surface area contributed by atoms with E-state index in [0.29, 0.717) is 15.4 Å². The van der Waals surface area contributed by atoms with Crippen LogP contribution in [-0.4, -0.2) is 17.3 Å². The van der Waals surface area contributed by atoms with Gasteiger partial charge in [0.2, 0.25) is 0 Å². The summed E-state index contributed by atoms with van der Waals surface area (Å²) in [4.78, 5) is 0. The van der Waals surface area contributed by atoms with E-state index in [-0.39, 0.29) is 5.75 Å². The lowest BCUT2D eigenvalue weighted by atomic mass is 10.2. The van der Waals surface area contributed by atoms with Crippen LogP contribution in [0.25, 0.3) is 10.9 Å². The SMILES string of the molecule is COc1cc2nncc(Br)c2cc1F. The van der Waals surface area contributed by atoms with Gasteiger partial charge in [-0.25, -0.2) is 4.39 Å². The summed E-state index contributed by atoms with van der Waals surface area (Å²) in [6.07, 6.45) is 1.52. The highest BCUT2D eigenvalue weighted by Crippen LogP contribution is 2.27. The molecular formula is C9H6BrFN2O. The molecule has 0 spiro atoms. The van der Waals surface area contributed by atoms with Crippen molar-refractivity contribution in [1.29, 1.82) is 0 Å². The molecule has 2 rings (SSSR count). The number of hydrogen-bond acceptors (Lipinski definition) is 3. The second kappa shape index (κ2) is 3.49. The van der Waals surface area contributed by atoms with Gasteiger partial charge in [-0.1, -0.05) is 0 Å².